The molecule has 0 bridgehead atoms. The Kier molecular flexibility index (Phi) is 3.33. The normalized spacial score (nSPS) is 17.4. The smallest absolute Gasteiger partial charge is 0.335 e. The van der Waals surface area contributed by atoms with Crippen LogP contribution >= 0.6 is 0 Å². The molecular weight excluding hydrogens is 226 g/mol. The predicted molar refractivity (Wildman–Crippen MR) is 73.4 cm³/mol. The van der Waals surface area contributed by atoms with Gasteiger partial charge in [0.05, 0.1) is 5.56 Å². The molecule has 0 aliphatic carbocycles. The van der Waals surface area contributed by atoms with Gasteiger partial charge in [-0.15, -0.1) is 0 Å². The minimum atomic E-state index is -0.857. The topological polar surface area (TPSA) is 40.5 Å². The lowest BCUT2D eigenvalue weighted by molar-refractivity contribution is 0.0697. The van der Waals surface area contributed by atoms with Gasteiger partial charge >= 0.3 is 5.97 Å². The summed E-state index contributed by atoms with van der Waals surface area (Å²) in [6.45, 7) is 8.67. The third kappa shape index (κ3) is 2.09. The van der Waals surface area contributed by atoms with Gasteiger partial charge in [0.25, 0.3) is 0 Å². The molecule has 0 radical (unpaired) electrons. The van der Waals surface area contributed by atoms with Gasteiger partial charge in [-0.1, -0.05) is 13.8 Å². The third-order valence-electron chi connectivity index (χ3n) is 4.34. The van der Waals surface area contributed by atoms with Gasteiger partial charge in [-0.05, 0) is 43.5 Å². The summed E-state index contributed by atoms with van der Waals surface area (Å²) in [7, 11) is 0. The van der Waals surface area contributed by atoms with Crippen molar-refractivity contribution < 1.29 is 9.90 Å². The maximum atomic E-state index is 10.9. The van der Waals surface area contributed by atoms with Crippen LogP contribution in [0.4, 0.5) is 5.69 Å². The van der Waals surface area contributed by atoms with E-state index in [-0.39, 0.29) is 0 Å². The molecule has 3 heteroatoms. The maximum absolute atomic E-state index is 10.9. The fourth-order valence-corrected chi connectivity index (χ4v) is 2.77. The maximum Gasteiger partial charge on any atom is 0.335 e. The van der Waals surface area contributed by atoms with Gasteiger partial charge in [0, 0.05) is 24.2 Å². The van der Waals surface area contributed by atoms with E-state index >= 15 is 0 Å². The predicted octanol–water partition coefficient (Wildman–Crippen LogP) is 3.32. The van der Waals surface area contributed by atoms with Crippen molar-refractivity contribution in [3.63, 3.8) is 0 Å². The first-order chi connectivity index (χ1) is 8.51. The van der Waals surface area contributed by atoms with Crippen LogP contribution in [0.2, 0.25) is 0 Å². The van der Waals surface area contributed by atoms with Crippen molar-refractivity contribution in [3.05, 3.63) is 29.3 Å². The lowest BCUT2D eigenvalue weighted by Crippen LogP contribution is -2.56. The lowest BCUT2D eigenvalue weighted by Gasteiger charge is -2.51. The summed E-state index contributed by atoms with van der Waals surface area (Å²) >= 11 is 0. The summed E-state index contributed by atoms with van der Waals surface area (Å²) in [5.41, 5.74) is 3.07. The molecule has 1 aliphatic rings. The minimum absolute atomic E-state index is 0.369. The second kappa shape index (κ2) is 4.63. The van der Waals surface area contributed by atoms with Gasteiger partial charge in [0.2, 0.25) is 0 Å². The van der Waals surface area contributed by atoms with E-state index in [4.69, 9.17) is 5.11 Å². The molecule has 2 rings (SSSR count). The molecule has 0 saturated carbocycles. The zero-order valence-electron chi connectivity index (χ0n) is 11.4. The Labute approximate surface area is 108 Å². The van der Waals surface area contributed by atoms with Crippen molar-refractivity contribution in [1.29, 1.82) is 0 Å². The molecule has 0 amide bonds. The van der Waals surface area contributed by atoms with Crippen LogP contribution in [0, 0.1) is 12.3 Å². The van der Waals surface area contributed by atoms with Gasteiger partial charge in [0.1, 0.15) is 0 Å². The molecule has 3 nitrogen and oxygen atoms in total. The number of aryl methyl sites for hydroxylation is 1. The number of carboxylic acid groups (broad SMARTS) is 1. The first-order valence-corrected chi connectivity index (χ1v) is 6.60. The number of hydrogen-bond acceptors (Lipinski definition) is 2. The number of carboxylic acids is 1. The van der Waals surface area contributed by atoms with E-state index in [1.54, 1.807) is 12.1 Å². The largest absolute Gasteiger partial charge is 0.478 e. The van der Waals surface area contributed by atoms with Crippen molar-refractivity contribution in [2.45, 2.75) is 33.6 Å². The van der Waals surface area contributed by atoms with Crippen LogP contribution in [0.15, 0.2) is 18.2 Å². The molecule has 1 aliphatic heterocycles. The van der Waals surface area contributed by atoms with E-state index in [0.717, 1.165) is 18.7 Å². The molecule has 98 valence electrons. The van der Waals surface area contributed by atoms with Crippen LogP contribution in [-0.4, -0.2) is 24.2 Å². The molecule has 1 N–H and O–H groups in total. The SMILES string of the molecule is CCC1(CC)CN(c2ccc(C(=O)O)cc2C)C1. The molecule has 0 aromatic heterocycles. The van der Waals surface area contributed by atoms with Crippen LogP contribution in [-0.2, 0) is 0 Å². The Hall–Kier alpha value is -1.51. The highest BCUT2D eigenvalue weighted by molar-refractivity contribution is 5.88. The van der Waals surface area contributed by atoms with Crippen molar-refractivity contribution in [2.75, 3.05) is 18.0 Å². The van der Waals surface area contributed by atoms with Crippen LogP contribution < -0.4 is 4.90 Å². The Morgan fingerprint density at radius 1 is 1.33 bits per heavy atom. The number of carbonyl (C=O) groups is 1. The number of aromatic carboxylic acids is 1. The van der Waals surface area contributed by atoms with Gasteiger partial charge in [-0.25, -0.2) is 4.79 Å². The van der Waals surface area contributed by atoms with Crippen LogP contribution in [0.3, 0.4) is 0 Å². The number of nitrogens with zero attached hydrogens (tertiary/aromatic N) is 1. The Bertz CT molecular complexity index is 456. The van der Waals surface area contributed by atoms with Crippen LogP contribution in [0.5, 0.6) is 0 Å². The second-order valence-corrected chi connectivity index (χ2v) is 5.37. The second-order valence-electron chi connectivity index (χ2n) is 5.37. The average Bonchev–Trinajstić information content (AvgIpc) is 2.30. The standard InChI is InChI=1S/C15H21NO2/c1-4-15(5-2)9-16(10-15)13-7-6-12(14(17)18)8-11(13)3/h6-8H,4-5,9-10H2,1-3H3,(H,17,18). The Morgan fingerprint density at radius 2 is 1.94 bits per heavy atom. The molecular formula is C15H21NO2. The minimum Gasteiger partial charge on any atom is -0.478 e. The summed E-state index contributed by atoms with van der Waals surface area (Å²) in [5, 5.41) is 8.96. The molecule has 0 spiro atoms. The van der Waals surface area contributed by atoms with Gasteiger partial charge in [0.15, 0.2) is 0 Å². The van der Waals surface area contributed by atoms with E-state index in [0.29, 0.717) is 11.0 Å². The monoisotopic (exact) mass is 247 g/mol. The van der Waals surface area contributed by atoms with E-state index in [2.05, 4.69) is 18.7 Å². The highest BCUT2D eigenvalue weighted by Crippen LogP contribution is 2.40. The first-order valence-electron chi connectivity index (χ1n) is 6.60. The zero-order valence-corrected chi connectivity index (χ0v) is 11.4. The average molecular weight is 247 g/mol. The Balaban J connectivity index is 2.15. The number of anilines is 1. The summed E-state index contributed by atoms with van der Waals surface area (Å²) in [4.78, 5) is 13.3. The molecule has 1 fully saturated rings. The fraction of sp³-hybridized carbons (Fsp3) is 0.533. The zero-order chi connectivity index (χ0) is 13.3. The molecule has 1 saturated heterocycles. The van der Waals surface area contributed by atoms with Gasteiger partial charge < -0.3 is 10.0 Å². The summed E-state index contributed by atoms with van der Waals surface area (Å²) in [6, 6.07) is 5.39. The van der Waals surface area contributed by atoms with Crippen molar-refractivity contribution >= 4 is 11.7 Å². The first kappa shape index (κ1) is 12.9. The third-order valence-corrected chi connectivity index (χ3v) is 4.34. The Morgan fingerprint density at radius 3 is 2.39 bits per heavy atom. The quantitative estimate of drug-likeness (QED) is 0.887. The van der Waals surface area contributed by atoms with Crippen molar-refractivity contribution in [3.8, 4) is 0 Å². The molecule has 1 aromatic carbocycles. The van der Waals surface area contributed by atoms with Gasteiger partial charge in [-0.2, -0.15) is 0 Å². The van der Waals surface area contributed by atoms with Crippen molar-refractivity contribution in [2.24, 2.45) is 5.41 Å². The van der Waals surface area contributed by atoms with Gasteiger partial charge in [-0.3, -0.25) is 0 Å². The molecule has 0 atom stereocenters. The van der Waals surface area contributed by atoms with E-state index in [1.165, 1.54) is 18.5 Å². The summed E-state index contributed by atoms with van der Waals surface area (Å²) < 4.78 is 0. The molecule has 1 aromatic rings. The fourth-order valence-electron chi connectivity index (χ4n) is 2.77. The number of rotatable bonds is 4. The molecule has 18 heavy (non-hydrogen) atoms. The number of benzene rings is 1. The van der Waals surface area contributed by atoms with Crippen LogP contribution in [0.25, 0.3) is 0 Å². The van der Waals surface area contributed by atoms with E-state index in [1.807, 2.05) is 13.0 Å². The van der Waals surface area contributed by atoms with E-state index < -0.39 is 5.97 Å². The lowest BCUT2D eigenvalue weighted by atomic mass is 9.75. The molecule has 0 unspecified atom stereocenters. The highest BCUT2D eigenvalue weighted by Gasteiger charge is 2.40. The number of hydrogen-bond donors (Lipinski definition) is 1. The van der Waals surface area contributed by atoms with E-state index in [9.17, 15) is 4.79 Å². The van der Waals surface area contributed by atoms with Crippen molar-refractivity contribution in [1.82, 2.24) is 0 Å². The van der Waals surface area contributed by atoms with Crippen LogP contribution in [0.1, 0.15) is 42.6 Å². The summed E-state index contributed by atoms with van der Waals surface area (Å²) in [5.74, 6) is -0.857. The highest BCUT2D eigenvalue weighted by atomic mass is 16.4. The molecule has 1 heterocycles. The summed E-state index contributed by atoms with van der Waals surface area (Å²) in [6.07, 6.45) is 2.43.